The summed E-state index contributed by atoms with van der Waals surface area (Å²) in [5.41, 5.74) is 0. The molecule has 1 amide bonds. The van der Waals surface area contributed by atoms with Crippen LogP contribution in [0.1, 0.15) is 71.1 Å². The lowest BCUT2D eigenvalue weighted by Gasteiger charge is -2.32. The SMILES string of the molecule is CCCCCCCCC(=O)C(=O)[N+]1(N)CCCCC1. The molecule has 0 saturated carbocycles. The zero-order valence-electron chi connectivity index (χ0n) is 12.3. The molecule has 0 unspecified atom stereocenters. The molecule has 1 saturated heterocycles. The second-order valence-corrected chi connectivity index (χ2v) is 5.79. The molecule has 4 heteroatoms. The zero-order chi connectivity index (χ0) is 14.1. The average molecular weight is 269 g/mol. The van der Waals surface area contributed by atoms with E-state index in [-0.39, 0.29) is 16.3 Å². The van der Waals surface area contributed by atoms with Crippen LogP contribution < -0.4 is 5.84 Å². The first-order chi connectivity index (χ1) is 9.10. The summed E-state index contributed by atoms with van der Waals surface area (Å²) >= 11 is 0. The fourth-order valence-electron chi connectivity index (χ4n) is 2.70. The minimum atomic E-state index is -0.367. The Balaban J connectivity index is 2.23. The Morgan fingerprint density at radius 3 is 2.16 bits per heavy atom. The first-order valence-corrected chi connectivity index (χ1v) is 7.83. The van der Waals surface area contributed by atoms with Crippen LogP contribution in [-0.2, 0) is 9.59 Å². The van der Waals surface area contributed by atoms with Gasteiger partial charge in [-0.25, -0.2) is 4.79 Å². The van der Waals surface area contributed by atoms with Crippen molar-refractivity contribution in [2.24, 2.45) is 5.84 Å². The van der Waals surface area contributed by atoms with Gasteiger partial charge >= 0.3 is 5.91 Å². The Morgan fingerprint density at radius 2 is 1.53 bits per heavy atom. The normalized spacial score (nSPS) is 18.2. The van der Waals surface area contributed by atoms with Crippen LogP contribution in [0.15, 0.2) is 0 Å². The molecule has 0 atom stereocenters. The minimum absolute atomic E-state index is 0.144. The molecule has 0 bridgehead atoms. The Hall–Kier alpha value is -0.740. The van der Waals surface area contributed by atoms with E-state index in [9.17, 15) is 9.59 Å². The van der Waals surface area contributed by atoms with Gasteiger partial charge in [0.05, 0.1) is 0 Å². The molecule has 19 heavy (non-hydrogen) atoms. The van der Waals surface area contributed by atoms with Gasteiger partial charge < -0.3 is 0 Å². The molecule has 1 heterocycles. The van der Waals surface area contributed by atoms with Gasteiger partial charge in [-0.3, -0.25) is 4.79 Å². The zero-order valence-corrected chi connectivity index (χ0v) is 12.3. The number of quaternary nitrogens is 1. The van der Waals surface area contributed by atoms with E-state index < -0.39 is 0 Å². The fraction of sp³-hybridized carbons (Fsp3) is 0.867. The Kier molecular flexibility index (Phi) is 7.24. The van der Waals surface area contributed by atoms with Gasteiger partial charge in [0.25, 0.3) is 5.78 Å². The summed E-state index contributed by atoms with van der Waals surface area (Å²) in [5, 5.41) is 0. The van der Waals surface area contributed by atoms with Gasteiger partial charge in [0, 0.05) is 6.42 Å². The summed E-state index contributed by atoms with van der Waals surface area (Å²) in [7, 11) is 0. The second kappa shape index (κ2) is 8.43. The van der Waals surface area contributed by atoms with Crippen molar-refractivity contribution in [3.05, 3.63) is 0 Å². The fourth-order valence-corrected chi connectivity index (χ4v) is 2.70. The molecule has 1 fully saturated rings. The summed E-state index contributed by atoms with van der Waals surface area (Å²) in [6, 6.07) is 0. The largest absolute Gasteiger partial charge is 0.400 e. The third kappa shape index (κ3) is 5.41. The summed E-state index contributed by atoms with van der Waals surface area (Å²) in [5.74, 6) is 5.41. The van der Waals surface area contributed by atoms with E-state index in [0.717, 1.165) is 38.5 Å². The van der Waals surface area contributed by atoms with Crippen LogP contribution in [0.2, 0.25) is 0 Å². The first kappa shape index (κ1) is 16.3. The van der Waals surface area contributed by atoms with Crippen molar-refractivity contribution in [1.29, 1.82) is 0 Å². The van der Waals surface area contributed by atoms with Crippen molar-refractivity contribution in [3.8, 4) is 0 Å². The van der Waals surface area contributed by atoms with Crippen LogP contribution in [0.3, 0.4) is 0 Å². The summed E-state index contributed by atoms with van der Waals surface area (Å²) in [4.78, 5) is 24.0. The second-order valence-electron chi connectivity index (χ2n) is 5.79. The van der Waals surface area contributed by atoms with Crippen LogP contribution in [0.25, 0.3) is 0 Å². The monoisotopic (exact) mass is 269 g/mol. The molecule has 1 aliphatic rings. The van der Waals surface area contributed by atoms with Crippen molar-refractivity contribution < 1.29 is 14.2 Å². The summed E-state index contributed by atoms with van der Waals surface area (Å²) < 4.78 is -0.144. The minimum Gasteiger partial charge on any atom is -0.284 e. The maximum absolute atomic E-state index is 12.1. The number of piperidine rings is 1. The van der Waals surface area contributed by atoms with E-state index >= 15 is 0 Å². The lowest BCUT2D eigenvalue weighted by molar-refractivity contribution is -0.868. The van der Waals surface area contributed by atoms with Crippen molar-refractivity contribution in [3.63, 3.8) is 0 Å². The standard InChI is InChI=1S/C15H29N2O2/c1-2-3-4-5-6-8-11-14(18)15(19)17(16)12-9-7-10-13-17/h2-13,16H2,1H3/q+1. The van der Waals surface area contributed by atoms with E-state index in [1.54, 1.807) is 0 Å². The number of nitrogens with two attached hydrogens (primary N) is 1. The number of carbonyl (C=O) groups is 2. The topological polar surface area (TPSA) is 60.2 Å². The van der Waals surface area contributed by atoms with Crippen LogP contribution in [0, 0.1) is 0 Å². The van der Waals surface area contributed by atoms with E-state index in [0.29, 0.717) is 19.5 Å². The molecule has 0 aromatic heterocycles. The Labute approximate surface area is 116 Å². The van der Waals surface area contributed by atoms with Crippen molar-refractivity contribution in [2.75, 3.05) is 13.1 Å². The number of unbranched alkanes of at least 4 members (excludes halogenated alkanes) is 5. The third-order valence-electron chi connectivity index (χ3n) is 4.01. The Bertz CT molecular complexity index is 297. The van der Waals surface area contributed by atoms with Gasteiger partial charge in [0.1, 0.15) is 13.1 Å². The molecule has 110 valence electrons. The molecule has 1 aliphatic heterocycles. The Morgan fingerprint density at radius 1 is 0.947 bits per heavy atom. The first-order valence-electron chi connectivity index (χ1n) is 7.83. The van der Waals surface area contributed by atoms with E-state index in [1.165, 1.54) is 19.3 Å². The molecule has 0 aromatic rings. The average Bonchev–Trinajstić information content (AvgIpc) is 2.42. The maximum Gasteiger partial charge on any atom is 0.400 e. The number of rotatable bonds is 8. The van der Waals surface area contributed by atoms with Crippen molar-refractivity contribution >= 4 is 11.7 Å². The van der Waals surface area contributed by atoms with Crippen LogP contribution >= 0.6 is 0 Å². The number of amides is 1. The molecule has 0 radical (unpaired) electrons. The highest BCUT2D eigenvalue weighted by atomic mass is 16.2. The molecule has 4 nitrogen and oxygen atoms in total. The van der Waals surface area contributed by atoms with E-state index in [1.807, 2.05) is 0 Å². The van der Waals surface area contributed by atoms with Crippen LogP contribution in [-0.4, -0.2) is 29.4 Å². The van der Waals surface area contributed by atoms with Gasteiger partial charge in [-0.05, 0) is 25.7 Å². The molecule has 0 spiro atoms. The molecule has 0 aliphatic carbocycles. The number of carbonyl (C=O) groups excluding carboxylic acids is 2. The third-order valence-corrected chi connectivity index (χ3v) is 4.01. The maximum atomic E-state index is 12.1. The smallest absolute Gasteiger partial charge is 0.284 e. The van der Waals surface area contributed by atoms with Crippen LogP contribution in [0.5, 0.6) is 0 Å². The highest BCUT2D eigenvalue weighted by Crippen LogP contribution is 2.16. The number of hydrogen-bond acceptors (Lipinski definition) is 3. The molecular formula is C15H29N2O2+. The highest BCUT2D eigenvalue weighted by Gasteiger charge is 2.39. The highest BCUT2D eigenvalue weighted by molar-refractivity contribution is 6.33. The molecule has 2 N–H and O–H groups in total. The number of likely N-dealkylation sites (tertiary alicyclic amines) is 1. The lowest BCUT2D eigenvalue weighted by atomic mass is 10.1. The van der Waals surface area contributed by atoms with Crippen molar-refractivity contribution in [2.45, 2.75) is 71.1 Å². The quantitative estimate of drug-likeness (QED) is 0.242. The van der Waals surface area contributed by atoms with Crippen molar-refractivity contribution in [1.82, 2.24) is 0 Å². The number of Topliss-reactive ketones (excluding diaryl/α,β-unsaturated/α-hetero) is 1. The summed E-state index contributed by atoms with van der Waals surface area (Å²) in [6.07, 6.45) is 10.2. The van der Waals surface area contributed by atoms with Crippen LogP contribution in [0.4, 0.5) is 0 Å². The number of ketones is 1. The van der Waals surface area contributed by atoms with Gasteiger partial charge in [0.2, 0.25) is 0 Å². The predicted octanol–water partition coefficient (Wildman–Crippen LogP) is 2.71. The van der Waals surface area contributed by atoms with Gasteiger partial charge in [-0.15, -0.1) is 0 Å². The molecule has 1 rings (SSSR count). The van der Waals surface area contributed by atoms with E-state index in [2.05, 4.69) is 6.92 Å². The van der Waals surface area contributed by atoms with Gasteiger partial charge in [-0.2, -0.15) is 10.4 Å². The van der Waals surface area contributed by atoms with E-state index in [4.69, 9.17) is 5.84 Å². The number of hydrogen-bond donors (Lipinski definition) is 1. The van der Waals surface area contributed by atoms with Gasteiger partial charge in [-0.1, -0.05) is 39.0 Å². The molecule has 0 aromatic carbocycles. The lowest BCUT2D eigenvalue weighted by Crippen LogP contribution is -2.63. The summed E-state index contributed by atoms with van der Waals surface area (Å²) in [6.45, 7) is 3.44. The number of nitrogens with zero attached hydrogens (tertiary/aromatic N) is 1. The van der Waals surface area contributed by atoms with Gasteiger partial charge in [0.15, 0.2) is 0 Å². The molecular weight excluding hydrogens is 240 g/mol. The predicted molar refractivity (Wildman–Crippen MR) is 76.0 cm³/mol.